The summed E-state index contributed by atoms with van der Waals surface area (Å²) in [6.45, 7) is 7.38. The van der Waals surface area contributed by atoms with E-state index >= 15 is 0 Å². The second-order valence-electron chi connectivity index (χ2n) is 5.62. The van der Waals surface area contributed by atoms with E-state index in [1.165, 1.54) is 11.1 Å². The van der Waals surface area contributed by atoms with Gasteiger partial charge < -0.3 is 10.6 Å². The van der Waals surface area contributed by atoms with Gasteiger partial charge in [-0.1, -0.05) is 24.3 Å². The molecule has 2 heterocycles. The van der Waals surface area contributed by atoms with Gasteiger partial charge in [0.1, 0.15) is 0 Å². The van der Waals surface area contributed by atoms with Crippen molar-refractivity contribution in [3.8, 4) is 0 Å². The van der Waals surface area contributed by atoms with Crippen LogP contribution in [-0.2, 0) is 6.54 Å². The highest BCUT2D eigenvalue weighted by atomic mass is 15.3. The SMILES string of the molecule is Cc1ccccc1CN1CCN(c2ccncc2N)CC1. The number of piperazine rings is 1. The molecular formula is C17H22N4. The molecule has 21 heavy (non-hydrogen) atoms. The van der Waals surface area contributed by atoms with Crippen molar-refractivity contribution in [2.24, 2.45) is 0 Å². The molecule has 0 bridgehead atoms. The lowest BCUT2D eigenvalue weighted by Crippen LogP contribution is -2.46. The first-order valence-corrected chi connectivity index (χ1v) is 7.45. The molecule has 1 aliphatic heterocycles. The van der Waals surface area contributed by atoms with Gasteiger partial charge in [0.15, 0.2) is 0 Å². The van der Waals surface area contributed by atoms with Crippen LogP contribution in [0, 0.1) is 6.92 Å². The maximum absolute atomic E-state index is 6.01. The van der Waals surface area contributed by atoms with Crippen molar-refractivity contribution in [2.45, 2.75) is 13.5 Å². The first-order valence-electron chi connectivity index (χ1n) is 7.45. The van der Waals surface area contributed by atoms with Gasteiger partial charge in [0.2, 0.25) is 0 Å². The molecule has 0 radical (unpaired) electrons. The van der Waals surface area contributed by atoms with E-state index in [-0.39, 0.29) is 0 Å². The summed E-state index contributed by atoms with van der Waals surface area (Å²) in [7, 11) is 0. The van der Waals surface area contributed by atoms with Crippen molar-refractivity contribution in [1.82, 2.24) is 9.88 Å². The maximum Gasteiger partial charge on any atom is 0.0738 e. The highest BCUT2D eigenvalue weighted by Gasteiger charge is 2.18. The molecule has 3 rings (SSSR count). The van der Waals surface area contributed by atoms with E-state index in [2.05, 4.69) is 46.0 Å². The molecule has 110 valence electrons. The molecule has 0 atom stereocenters. The van der Waals surface area contributed by atoms with Crippen molar-refractivity contribution < 1.29 is 0 Å². The molecule has 1 fully saturated rings. The molecule has 0 amide bonds. The van der Waals surface area contributed by atoms with Gasteiger partial charge >= 0.3 is 0 Å². The van der Waals surface area contributed by atoms with E-state index in [9.17, 15) is 0 Å². The molecule has 1 aliphatic rings. The van der Waals surface area contributed by atoms with Gasteiger partial charge in [-0.05, 0) is 24.1 Å². The molecule has 0 aliphatic carbocycles. The average molecular weight is 282 g/mol. The number of aromatic nitrogens is 1. The van der Waals surface area contributed by atoms with E-state index < -0.39 is 0 Å². The summed E-state index contributed by atoms with van der Waals surface area (Å²) in [5.74, 6) is 0. The predicted octanol–water partition coefficient (Wildman–Crippen LogP) is 2.29. The van der Waals surface area contributed by atoms with Gasteiger partial charge in [0, 0.05) is 38.9 Å². The summed E-state index contributed by atoms with van der Waals surface area (Å²) < 4.78 is 0. The lowest BCUT2D eigenvalue weighted by molar-refractivity contribution is 0.249. The van der Waals surface area contributed by atoms with Crippen molar-refractivity contribution in [3.05, 3.63) is 53.9 Å². The third kappa shape index (κ3) is 3.16. The van der Waals surface area contributed by atoms with E-state index in [1.807, 2.05) is 12.3 Å². The maximum atomic E-state index is 6.01. The monoisotopic (exact) mass is 282 g/mol. The van der Waals surface area contributed by atoms with Gasteiger partial charge in [-0.2, -0.15) is 0 Å². The van der Waals surface area contributed by atoms with Crippen molar-refractivity contribution in [2.75, 3.05) is 36.8 Å². The number of hydrogen-bond donors (Lipinski definition) is 1. The Morgan fingerprint density at radius 1 is 1.10 bits per heavy atom. The fourth-order valence-corrected chi connectivity index (χ4v) is 2.86. The van der Waals surface area contributed by atoms with Gasteiger partial charge in [-0.25, -0.2) is 0 Å². The van der Waals surface area contributed by atoms with Crippen LogP contribution in [0.3, 0.4) is 0 Å². The molecule has 0 saturated carbocycles. The van der Waals surface area contributed by atoms with E-state index in [0.29, 0.717) is 0 Å². The Bertz CT molecular complexity index is 603. The Balaban J connectivity index is 1.61. The molecule has 2 N–H and O–H groups in total. The Morgan fingerprint density at radius 2 is 1.86 bits per heavy atom. The molecule has 0 spiro atoms. The van der Waals surface area contributed by atoms with Crippen LogP contribution in [0.4, 0.5) is 11.4 Å². The normalized spacial score (nSPS) is 16.1. The number of aryl methyl sites for hydroxylation is 1. The smallest absolute Gasteiger partial charge is 0.0738 e. The summed E-state index contributed by atoms with van der Waals surface area (Å²) in [5, 5.41) is 0. The van der Waals surface area contributed by atoms with Crippen molar-refractivity contribution in [3.63, 3.8) is 0 Å². The Labute approximate surface area is 126 Å². The second kappa shape index (κ2) is 6.14. The highest BCUT2D eigenvalue weighted by Crippen LogP contribution is 2.23. The van der Waals surface area contributed by atoms with Gasteiger partial charge in [-0.15, -0.1) is 0 Å². The van der Waals surface area contributed by atoms with Crippen LogP contribution in [0.25, 0.3) is 0 Å². The van der Waals surface area contributed by atoms with Crippen molar-refractivity contribution in [1.29, 1.82) is 0 Å². The van der Waals surface area contributed by atoms with Crippen LogP contribution in [0.15, 0.2) is 42.7 Å². The summed E-state index contributed by atoms with van der Waals surface area (Å²) in [6, 6.07) is 10.6. The fraction of sp³-hybridized carbons (Fsp3) is 0.353. The van der Waals surface area contributed by atoms with Crippen LogP contribution in [-0.4, -0.2) is 36.1 Å². The largest absolute Gasteiger partial charge is 0.396 e. The molecular weight excluding hydrogens is 260 g/mol. The number of pyridine rings is 1. The Hall–Kier alpha value is -2.07. The van der Waals surface area contributed by atoms with Gasteiger partial charge in [0.05, 0.1) is 17.6 Å². The molecule has 2 aromatic rings. The molecule has 4 nitrogen and oxygen atoms in total. The highest BCUT2D eigenvalue weighted by molar-refractivity contribution is 5.66. The second-order valence-corrected chi connectivity index (χ2v) is 5.62. The number of nitrogens with zero attached hydrogens (tertiary/aromatic N) is 3. The summed E-state index contributed by atoms with van der Waals surface area (Å²) in [5.41, 5.74) is 10.7. The number of hydrogen-bond acceptors (Lipinski definition) is 4. The van der Waals surface area contributed by atoms with Crippen LogP contribution < -0.4 is 10.6 Å². The fourth-order valence-electron chi connectivity index (χ4n) is 2.86. The zero-order valence-corrected chi connectivity index (χ0v) is 12.5. The molecule has 1 aromatic carbocycles. The van der Waals surface area contributed by atoms with Gasteiger partial charge in [-0.3, -0.25) is 9.88 Å². The predicted molar refractivity (Wildman–Crippen MR) is 87.3 cm³/mol. The molecule has 4 heteroatoms. The zero-order chi connectivity index (χ0) is 14.7. The first-order chi connectivity index (χ1) is 10.2. The lowest BCUT2D eigenvalue weighted by Gasteiger charge is -2.36. The minimum Gasteiger partial charge on any atom is -0.396 e. The number of nitrogens with two attached hydrogens (primary N) is 1. The van der Waals surface area contributed by atoms with E-state index in [4.69, 9.17) is 5.73 Å². The van der Waals surface area contributed by atoms with Crippen LogP contribution in [0.2, 0.25) is 0 Å². The Morgan fingerprint density at radius 3 is 2.57 bits per heavy atom. The number of nitrogen functional groups attached to an aromatic ring is 1. The summed E-state index contributed by atoms with van der Waals surface area (Å²) in [6.07, 6.45) is 3.54. The minimum absolute atomic E-state index is 0.768. The average Bonchev–Trinajstić information content (AvgIpc) is 2.51. The lowest BCUT2D eigenvalue weighted by atomic mass is 10.1. The minimum atomic E-state index is 0.768. The Kier molecular flexibility index (Phi) is 4.06. The summed E-state index contributed by atoms with van der Waals surface area (Å²) in [4.78, 5) is 8.92. The molecule has 0 unspecified atom stereocenters. The third-order valence-electron chi connectivity index (χ3n) is 4.20. The number of rotatable bonds is 3. The molecule has 1 aromatic heterocycles. The number of anilines is 2. The number of benzene rings is 1. The quantitative estimate of drug-likeness (QED) is 0.938. The van der Waals surface area contributed by atoms with Crippen LogP contribution in [0.5, 0.6) is 0 Å². The van der Waals surface area contributed by atoms with Crippen LogP contribution >= 0.6 is 0 Å². The topological polar surface area (TPSA) is 45.4 Å². The zero-order valence-electron chi connectivity index (χ0n) is 12.5. The molecule has 1 saturated heterocycles. The summed E-state index contributed by atoms with van der Waals surface area (Å²) >= 11 is 0. The van der Waals surface area contributed by atoms with E-state index in [1.54, 1.807) is 6.20 Å². The van der Waals surface area contributed by atoms with Crippen molar-refractivity contribution >= 4 is 11.4 Å². The first kappa shape index (κ1) is 13.9. The van der Waals surface area contributed by atoms with E-state index in [0.717, 1.165) is 44.1 Å². The van der Waals surface area contributed by atoms with Crippen LogP contribution in [0.1, 0.15) is 11.1 Å². The third-order valence-corrected chi connectivity index (χ3v) is 4.20. The van der Waals surface area contributed by atoms with Gasteiger partial charge in [0.25, 0.3) is 0 Å². The standard InChI is InChI=1S/C17H22N4/c1-14-4-2-3-5-15(14)13-20-8-10-21(11-9-20)17-6-7-19-12-16(17)18/h2-7,12H,8-11,13,18H2,1H3.